The second-order valence-electron chi connectivity index (χ2n) is 16.1. The summed E-state index contributed by atoms with van der Waals surface area (Å²) in [4.78, 5) is 2.39. The molecule has 0 unspecified atom stereocenters. The largest absolute Gasteiger partial charge is 0.455 e. The van der Waals surface area contributed by atoms with Crippen molar-refractivity contribution in [1.82, 2.24) is 0 Å². The highest BCUT2D eigenvalue weighted by Gasteiger charge is 2.40. The van der Waals surface area contributed by atoms with Crippen LogP contribution in [0.15, 0.2) is 168 Å². The molecule has 0 aliphatic heterocycles. The molecule has 1 heterocycles. The number of furan rings is 1. The Morgan fingerprint density at radius 3 is 1.78 bits per heavy atom. The molecule has 1 aromatic heterocycles. The topological polar surface area (TPSA) is 16.4 Å². The first-order chi connectivity index (χ1) is 26.3. The van der Waals surface area contributed by atoms with Crippen LogP contribution < -0.4 is 4.90 Å². The van der Waals surface area contributed by atoms with E-state index in [0.29, 0.717) is 0 Å². The van der Waals surface area contributed by atoms with Crippen molar-refractivity contribution in [1.29, 1.82) is 0 Å². The van der Waals surface area contributed by atoms with Gasteiger partial charge in [0.1, 0.15) is 11.2 Å². The molecule has 0 bridgehead atoms. The average Bonchev–Trinajstić information content (AvgIpc) is 3.79. The molecule has 0 amide bonds. The Morgan fingerprint density at radius 1 is 0.426 bits per heavy atom. The lowest BCUT2D eigenvalue weighted by molar-refractivity contribution is 0.657. The summed E-state index contributed by atoms with van der Waals surface area (Å²) in [6, 6.07) is 60.0. The van der Waals surface area contributed by atoms with Crippen LogP contribution in [0.2, 0.25) is 0 Å². The van der Waals surface area contributed by atoms with Crippen LogP contribution >= 0.6 is 0 Å². The first-order valence-corrected chi connectivity index (χ1v) is 19.0. The third kappa shape index (κ3) is 4.23. The van der Waals surface area contributed by atoms with Crippen molar-refractivity contribution in [2.75, 3.05) is 4.90 Å². The van der Waals surface area contributed by atoms with Gasteiger partial charge < -0.3 is 9.32 Å². The van der Waals surface area contributed by atoms with Gasteiger partial charge in [-0.1, -0.05) is 149 Å². The Balaban J connectivity index is 1.14. The zero-order valence-electron chi connectivity index (χ0n) is 30.9. The smallest absolute Gasteiger partial charge is 0.144 e. The average molecular weight is 694 g/mol. The summed E-state index contributed by atoms with van der Waals surface area (Å²) in [6.07, 6.45) is 0. The van der Waals surface area contributed by atoms with E-state index in [-0.39, 0.29) is 10.8 Å². The predicted molar refractivity (Wildman–Crippen MR) is 226 cm³/mol. The fourth-order valence-corrected chi connectivity index (χ4v) is 9.83. The molecule has 0 atom stereocenters. The maximum absolute atomic E-state index is 7.12. The molecule has 0 saturated carbocycles. The van der Waals surface area contributed by atoms with Crippen LogP contribution in [0.4, 0.5) is 17.1 Å². The predicted octanol–water partition coefficient (Wildman–Crippen LogP) is 14.5. The van der Waals surface area contributed by atoms with Gasteiger partial charge >= 0.3 is 0 Å². The first-order valence-electron chi connectivity index (χ1n) is 19.0. The molecule has 54 heavy (non-hydrogen) atoms. The van der Waals surface area contributed by atoms with E-state index in [1.165, 1.54) is 71.8 Å². The van der Waals surface area contributed by atoms with Crippen LogP contribution in [-0.2, 0) is 10.8 Å². The minimum atomic E-state index is -0.145. The van der Waals surface area contributed by atoms with Crippen molar-refractivity contribution in [2.24, 2.45) is 0 Å². The van der Waals surface area contributed by atoms with Crippen molar-refractivity contribution in [3.8, 4) is 33.4 Å². The summed E-state index contributed by atoms with van der Waals surface area (Å²) < 4.78 is 7.12. The zero-order valence-corrected chi connectivity index (χ0v) is 30.9. The molecule has 9 aromatic rings. The maximum Gasteiger partial charge on any atom is 0.144 e. The highest BCUT2D eigenvalue weighted by Crippen LogP contribution is 2.56. The Kier molecular flexibility index (Phi) is 6.39. The molecule has 2 aliphatic rings. The summed E-state index contributed by atoms with van der Waals surface area (Å²) in [5.74, 6) is 0. The summed E-state index contributed by atoms with van der Waals surface area (Å²) in [5.41, 5.74) is 17.9. The fraction of sp³-hybridized carbons (Fsp3) is 0.115. The quantitative estimate of drug-likeness (QED) is 0.182. The number of fused-ring (bicyclic) bond motifs is 13. The van der Waals surface area contributed by atoms with Gasteiger partial charge in [0.15, 0.2) is 0 Å². The van der Waals surface area contributed by atoms with E-state index in [0.717, 1.165) is 33.6 Å². The van der Waals surface area contributed by atoms with Crippen molar-refractivity contribution in [3.05, 3.63) is 186 Å². The molecule has 0 N–H and O–H groups in total. The number of rotatable bonds is 4. The SMILES string of the molecule is CC1(C)c2ccccc2-c2ccc(N(c3ccc(-c4ccccc4)cc3)c3ccc4c(c3)oc3c5c(c6ccccc6c34)C(C)(C)c3ccccc3-5)cc21. The van der Waals surface area contributed by atoms with Crippen molar-refractivity contribution < 1.29 is 4.42 Å². The molecular weight excluding hydrogens is 655 g/mol. The van der Waals surface area contributed by atoms with Gasteiger partial charge in [-0.15, -0.1) is 0 Å². The molecule has 2 heteroatoms. The highest BCUT2D eigenvalue weighted by atomic mass is 16.3. The van der Waals surface area contributed by atoms with E-state index in [1.54, 1.807) is 0 Å². The van der Waals surface area contributed by atoms with Gasteiger partial charge in [-0.05, 0) is 97.2 Å². The maximum atomic E-state index is 7.12. The van der Waals surface area contributed by atoms with Gasteiger partial charge in [0.25, 0.3) is 0 Å². The van der Waals surface area contributed by atoms with Crippen molar-refractivity contribution >= 4 is 49.8 Å². The molecule has 11 rings (SSSR count). The highest BCUT2D eigenvalue weighted by molar-refractivity contribution is 6.25. The third-order valence-electron chi connectivity index (χ3n) is 12.4. The summed E-state index contributed by atoms with van der Waals surface area (Å²) in [7, 11) is 0. The lowest BCUT2D eigenvalue weighted by Gasteiger charge is -2.28. The summed E-state index contributed by atoms with van der Waals surface area (Å²) in [5, 5.41) is 4.87. The lowest BCUT2D eigenvalue weighted by Crippen LogP contribution is -2.16. The molecule has 2 aliphatic carbocycles. The number of anilines is 3. The number of hydrogen-bond acceptors (Lipinski definition) is 2. The van der Waals surface area contributed by atoms with Gasteiger partial charge in [-0.3, -0.25) is 0 Å². The normalized spacial score (nSPS) is 14.6. The summed E-state index contributed by atoms with van der Waals surface area (Å²) >= 11 is 0. The Morgan fingerprint density at radius 2 is 1.00 bits per heavy atom. The van der Waals surface area contributed by atoms with E-state index in [1.807, 2.05) is 0 Å². The van der Waals surface area contributed by atoms with Crippen molar-refractivity contribution in [2.45, 2.75) is 38.5 Å². The zero-order chi connectivity index (χ0) is 36.3. The first kappa shape index (κ1) is 31.2. The molecular formula is C52H39NO. The van der Waals surface area contributed by atoms with Gasteiger partial charge in [0.2, 0.25) is 0 Å². The van der Waals surface area contributed by atoms with E-state index in [2.05, 4.69) is 196 Å². The Hall–Kier alpha value is -6.38. The van der Waals surface area contributed by atoms with E-state index in [4.69, 9.17) is 4.42 Å². The second-order valence-corrected chi connectivity index (χ2v) is 16.1. The molecule has 258 valence electrons. The second kappa shape index (κ2) is 11.1. The molecule has 0 radical (unpaired) electrons. The summed E-state index contributed by atoms with van der Waals surface area (Å²) in [6.45, 7) is 9.41. The Labute approximate surface area is 315 Å². The van der Waals surface area contributed by atoms with Crippen LogP contribution in [-0.4, -0.2) is 0 Å². The van der Waals surface area contributed by atoms with E-state index < -0.39 is 0 Å². The van der Waals surface area contributed by atoms with E-state index >= 15 is 0 Å². The Bertz CT molecular complexity index is 2980. The molecule has 0 saturated heterocycles. The van der Waals surface area contributed by atoms with Crippen LogP contribution in [0, 0.1) is 0 Å². The standard InChI is InChI=1S/C52H39NO/c1-51(2)43-20-12-10-16-37(43)38-28-26-35(30-45(38)51)53(34-24-22-33(23-25-34)32-14-6-5-7-15-32)36-27-29-42-46(31-36)54-50-47(42)39-17-8-9-18-40(39)49-48(50)41-19-11-13-21-44(41)52(49,3)4/h5-31H,1-4H3. The molecule has 2 nitrogen and oxygen atoms in total. The monoisotopic (exact) mass is 693 g/mol. The van der Waals surface area contributed by atoms with Crippen molar-refractivity contribution in [3.63, 3.8) is 0 Å². The van der Waals surface area contributed by atoms with Gasteiger partial charge in [-0.2, -0.15) is 0 Å². The lowest BCUT2D eigenvalue weighted by atomic mass is 9.79. The van der Waals surface area contributed by atoms with E-state index in [9.17, 15) is 0 Å². The van der Waals surface area contributed by atoms with Crippen LogP contribution in [0.25, 0.3) is 66.1 Å². The van der Waals surface area contributed by atoms with Crippen LogP contribution in [0.1, 0.15) is 49.9 Å². The van der Waals surface area contributed by atoms with Crippen LogP contribution in [0.5, 0.6) is 0 Å². The molecule has 0 spiro atoms. The minimum absolute atomic E-state index is 0.112. The van der Waals surface area contributed by atoms with Gasteiger partial charge in [0.05, 0.1) is 0 Å². The molecule has 0 fully saturated rings. The molecule has 8 aromatic carbocycles. The minimum Gasteiger partial charge on any atom is -0.455 e. The third-order valence-corrected chi connectivity index (χ3v) is 12.4. The van der Waals surface area contributed by atoms with Gasteiger partial charge in [0, 0.05) is 50.3 Å². The number of nitrogens with zero attached hydrogens (tertiary/aromatic N) is 1. The fourth-order valence-electron chi connectivity index (χ4n) is 9.83. The number of benzene rings is 8. The number of hydrogen-bond donors (Lipinski definition) is 0. The van der Waals surface area contributed by atoms with Gasteiger partial charge in [-0.25, -0.2) is 0 Å². The van der Waals surface area contributed by atoms with Crippen LogP contribution in [0.3, 0.4) is 0 Å².